The minimum absolute atomic E-state index is 0.0629. The topological polar surface area (TPSA) is 94.3 Å². The van der Waals surface area contributed by atoms with Crippen molar-refractivity contribution in [1.82, 2.24) is 9.97 Å². The summed E-state index contributed by atoms with van der Waals surface area (Å²) in [7, 11) is -4.28. The lowest BCUT2D eigenvalue weighted by molar-refractivity contribution is 0.473. The molecule has 12 heteroatoms. The van der Waals surface area contributed by atoms with Gasteiger partial charge in [0, 0.05) is 28.1 Å². The van der Waals surface area contributed by atoms with Crippen LogP contribution in [-0.2, 0) is 10.0 Å². The van der Waals surface area contributed by atoms with E-state index in [4.69, 9.17) is 20.8 Å². The molecule has 3 heterocycles. The number of thiazole rings is 1. The summed E-state index contributed by atoms with van der Waals surface area (Å²) in [5.74, 6) is -1.30. The zero-order valence-electron chi connectivity index (χ0n) is 18.0. The summed E-state index contributed by atoms with van der Waals surface area (Å²) in [6.07, 6.45) is 4.36. The van der Waals surface area contributed by atoms with Crippen LogP contribution in [-0.4, -0.2) is 18.4 Å². The number of halogens is 3. The van der Waals surface area contributed by atoms with Gasteiger partial charge in [0.05, 0.1) is 35.0 Å². The molecule has 0 saturated carbocycles. The number of sulfonamides is 1. The first-order valence-electron chi connectivity index (χ1n) is 10.2. The average Bonchev–Trinajstić information content (AvgIpc) is 3.56. The number of nitrogens with zero attached hydrogens (tertiary/aromatic N) is 2. The summed E-state index contributed by atoms with van der Waals surface area (Å²) in [5.41, 5.74) is 3.81. The lowest BCUT2D eigenvalue weighted by Gasteiger charge is -2.14. The van der Waals surface area contributed by atoms with Crippen LogP contribution in [0.25, 0.3) is 22.4 Å². The fourth-order valence-electron chi connectivity index (χ4n) is 3.31. The van der Waals surface area contributed by atoms with Gasteiger partial charge in [-0.2, -0.15) is 0 Å². The summed E-state index contributed by atoms with van der Waals surface area (Å²) in [6, 6.07) is 11.0. The summed E-state index contributed by atoms with van der Waals surface area (Å²) >= 11 is 7.47. The molecule has 0 radical (unpaired) electrons. The first kappa shape index (κ1) is 23.9. The number of hydrogen-bond acceptors (Lipinski definition) is 7. The lowest BCUT2D eigenvalue weighted by atomic mass is 10.0. The van der Waals surface area contributed by atoms with Gasteiger partial charge in [-0.15, -0.1) is 11.3 Å². The minimum atomic E-state index is -4.28. The molecule has 0 aliphatic rings. The SMILES string of the molecule is O=S(=O)(Nc1cscn1)c1cc(Cl)c(Oc2cnc(-c3ccc(F)cc3)cc2-c2ccoc2)cc1F. The highest BCUT2D eigenvalue weighted by Gasteiger charge is 2.23. The van der Waals surface area contributed by atoms with E-state index in [0.29, 0.717) is 22.4 Å². The van der Waals surface area contributed by atoms with Gasteiger partial charge >= 0.3 is 0 Å². The number of anilines is 1. The van der Waals surface area contributed by atoms with Crippen molar-refractivity contribution in [3.05, 3.63) is 94.8 Å². The Morgan fingerprint density at radius 3 is 2.50 bits per heavy atom. The molecule has 1 N–H and O–H groups in total. The number of benzene rings is 2. The molecule has 36 heavy (non-hydrogen) atoms. The van der Waals surface area contributed by atoms with E-state index in [0.717, 1.165) is 12.1 Å². The number of hydrogen-bond donors (Lipinski definition) is 1. The fraction of sp³-hybridized carbons (Fsp3) is 0. The Bertz CT molecular complexity index is 1630. The van der Waals surface area contributed by atoms with E-state index in [2.05, 4.69) is 14.7 Å². The average molecular weight is 546 g/mol. The number of rotatable bonds is 7. The predicted molar refractivity (Wildman–Crippen MR) is 132 cm³/mol. The van der Waals surface area contributed by atoms with Gasteiger partial charge in [-0.1, -0.05) is 11.6 Å². The van der Waals surface area contributed by atoms with Crippen molar-refractivity contribution in [2.75, 3.05) is 4.72 Å². The molecule has 5 rings (SSSR count). The minimum Gasteiger partial charge on any atom is -0.472 e. The molecule has 2 aromatic carbocycles. The molecule has 0 spiro atoms. The number of aromatic nitrogens is 2. The Kier molecular flexibility index (Phi) is 6.44. The Labute approximate surface area is 213 Å². The summed E-state index contributed by atoms with van der Waals surface area (Å²) in [6.45, 7) is 0. The second-order valence-electron chi connectivity index (χ2n) is 7.38. The van der Waals surface area contributed by atoms with E-state index < -0.39 is 20.7 Å². The van der Waals surface area contributed by atoms with Crippen molar-refractivity contribution in [3.63, 3.8) is 0 Å². The van der Waals surface area contributed by atoms with Gasteiger partial charge in [-0.25, -0.2) is 22.2 Å². The standard InChI is InChI=1S/C24H14ClF2N3O4S2/c25-18-8-23(36(31,32)30-24-12-35-13-29-24)19(27)9-21(18)34-22-10-28-20(14-1-3-16(26)4-2-14)7-17(22)15-5-6-33-11-15/h1-13,30H. The van der Waals surface area contributed by atoms with Gasteiger partial charge < -0.3 is 9.15 Å². The zero-order valence-corrected chi connectivity index (χ0v) is 20.4. The van der Waals surface area contributed by atoms with Crippen LogP contribution in [0.1, 0.15) is 0 Å². The molecular formula is C24H14ClF2N3O4S2. The highest BCUT2D eigenvalue weighted by Crippen LogP contribution is 2.39. The molecule has 0 bridgehead atoms. The predicted octanol–water partition coefficient (Wildman–Crippen LogP) is 6.99. The molecule has 0 atom stereocenters. The number of nitrogens with one attached hydrogen (secondary N) is 1. The highest BCUT2D eigenvalue weighted by molar-refractivity contribution is 7.92. The van der Waals surface area contributed by atoms with Crippen LogP contribution < -0.4 is 9.46 Å². The molecule has 0 aliphatic carbocycles. The molecule has 182 valence electrons. The van der Waals surface area contributed by atoms with Crippen molar-refractivity contribution >= 4 is 38.8 Å². The number of ether oxygens (including phenoxy) is 1. The van der Waals surface area contributed by atoms with E-state index in [9.17, 15) is 17.2 Å². The van der Waals surface area contributed by atoms with Crippen molar-refractivity contribution in [1.29, 1.82) is 0 Å². The third kappa shape index (κ3) is 4.94. The molecule has 0 aliphatic heterocycles. The third-order valence-electron chi connectivity index (χ3n) is 5.01. The van der Waals surface area contributed by atoms with Gasteiger partial charge in [0.15, 0.2) is 11.6 Å². The Hall–Kier alpha value is -3.80. The third-order valence-corrected chi connectivity index (χ3v) is 7.26. The Morgan fingerprint density at radius 2 is 1.81 bits per heavy atom. The lowest BCUT2D eigenvalue weighted by Crippen LogP contribution is -2.15. The van der Waals surface area contributed by atoms with Crippen LogP contribution in [0, 0.1) is 11.6 Å². The maximum atomic E-state index is 14.9. The first-order valence-corrected chi connectivity index (χ1v) is 13.0. The monoisotopic (exact) mass is 545 g/mol. The van der Waals surface area contributed by atoms with Gasteiger partial charge in [0.1, 0.15) is 22.3 Å². The number of furan rings is 1. The quantitative estimate of drug-likeness (QED) is 0.237. The smallest absolute Gasteiger partial charge is 0.266 e. The van der Waals surface area contributed by atoms with Crippen LogP contribution in [0.15, 0.2) is 87.5 Å². The largest absolute Gasteiger partial charge is 0.472 e. The summed E-state index contributed by atoms with van der Waals surface area (Å²) in [5, 5.41) is 1.32. The van der Waals surface area contributed by atoms with Crippen LogP contribution in [0.5, 0.6) is 11.5 Å². The maximum Gasteiger partial charge on any atom is 0.266 e. The van der Waals surface area contributed by atoms with Gasteiger partial charge in [0.25, 0.3) is 10.0 Å². The van der Waals surface area contributed by atoms with Crippen LogP contribution >= 0.6 is 22.9 Å². The van der Waals surface area contributed by atoms with E-state index in [-0.39, 0.29) is 28.2 Å². The van der Waals surface area contributed by atoms with Crippen molar-refractivity contribution in [2.45, 2.75) is 4.90 Å². The van der Waals surface area contributed by atoms with E-state index in [1.807, 2.05) is 0 Å². The van der Waals surface area contributed by atoms with Crippen LogP contribution in [0.3, 0.4) is 0 Å². The summed E-state index contributed by atoms with van der Waals surface area (Å²) in [4.78, 5) is 7.54. The molecule has 0 fully saturated rings. The molecule has 3 aromatic heterocycles. The van der Waals surface area contributed by atoms with Gasteiger partial charge in [0.2, 0.25) is 0 Å². The second kappa shape index (κ2) is 9.69. The highest BCUT2D eigenvalue weighted by atomic mass is 35.5. The van der Waals surface area contributed by atoms with E-state index >= 15 is 0 Å². The van der Waals surface area contributed by atoms with E-state index in [1.54, 1.807) is 24.3 Å². The number of pyridine rings is 1. The maximum absolute atomic E-state index is 14.9. The fourth-order valence-corrected chi connectivity index (χ4v) is 5.23. The van der Waals surface area contributed by atoms with Crippen molar-refractivity contribution in [2.24, 2.45) is 0 Å². The van der Waals surface area contributed by atoms with Crippen molar-refractivity contribution < 1.29 is 26.4 Å². The Balaban J connectivity index is 1.50. The van der Waals surface area contributed by atoms with Gasteiger partial charge in [-0.05, 0) is 42.5 Å². The van der Waals surface area contributed by atoms with Gasteiger partial charge in [-0.3, -0.25) is 9.71 Å². The van der Waals surface area contributed by atoms with Crippen LogP contribution in [0.4, 0.5) is 14.6 Å². The molecule has 0 unspecified atom stereocenters. The molecule has 0 amide bonds. The van der Waals surface area contributed by atoms with Crippen LogP contribution in [0.2, 0.25) is 5.02 Å². The molecule has 0 saturated heterocycles. The molecule has 5 aromatic rings. The first-order chi connectivity index (χ1) is 17.3. The van der Waals surface area contributed by atoms with Crippen molar-refractivity contribution in [3.8, 4) is 33.9 Å². The summed E-state index contributed by atoms with van der Waals surface area (Å²) < 4.78 is 66.7. The van der Waals surface area contributed by atoms with E-state index in [1.165, 1.54) is 53.1 Å². The molecule has 7 nitrogen and oxygen atoms in total. The molecular weight excluding hydrogens is 532 g/mol. The Morgan fingerprint density at radius 1 is 1.00 bits per heavy atom. The normalized spacial score (nSPS) is 11.4. The second-order valence-corrected chi connectivity index (χ2v) is 10.2. The zero-order chi connectivity index (χ0) is 25.3.